The van der Waals surface area contributed by atoms with Gasteiger partial charge in [0.1, 0.15) is 11.5 Å². The third-order valence-electron chi connectivity index (χ3n) is 4.36. The molecule has 0 bridgehead atoms. The van der Waals surface area contributed by atoms with Gasteiger partial charge < -0.3 is 15.4 Å². The predicted octanol–water partition coefficient (Wildman–Crippen LogP) is 5.30. The van der Waals surface area contributed by atoms with E-state index >= 15 is 0 Å². The van der Waals surface area contributed by atoms with E-state index in [2.05, 4.69) is 20.6 Å². The molecule has 4 rings (SSSR count). The molecule has 0 spiro atoms. The van der Waals surface area contributed by atoms with Crippen molar-refractivity contribution in [3.8, 4) is 11.5 Å². The minimum Gasteiger partial charge on any atom is -0.457 e. The Balaban J connectivity index is 1.51. The first-order valence-corrected chi connectivity index (χ1v) is 9.74. The molecule has 30 heavy (non-hydrogen) atoms. The number of hydrogen-bond donors (Lipinski definition) is 2. The first-order chi connectivity index (χ1) is 14.6. The van der Waals surface area contributed by atoms with Gasteiger partial charge in [0.2, 0.25) is 5.95 Å². The number of carbonyl (C=O) groups is 1. The first kappa shape index (κ1) is 19.4. The number of ether oxygens (including phenoxy) is 1. The largest absolute Gasteiger partial charge is 0.457 e. The summed E-state index contributed by atoms with van der Waals surface area (Å²) in [7, 11) is 0. The van der Waals surface area contributed by atoms with Crippen LogP contribution in [0.3, 0.4) is 0 Å². The lowest BCUT2D eigenvalue weighted by molar-refractivity contribution is 0.0943. The van der Waals surface area contributed by atoms with E-state index in [9.17, 15) is 4.79 Å². The van der Waals surface area contributed by atoms with Gasteiger partial charge in [-0.05, 0) is 62.4 Å². The Bertz CT molecular complexity index is 1160. The van der Waals surface area contributed by atoms with Crippen molar-refractivity contribution in [3.63, 3.8) is 0 Å². The Hall–Kier alpha value is -3.93. The van der Waals surface area contributed by atoms with Crippen LogP contribution in [0.2, 0.25) is 0 Å². The number of anilines is 2. The highest BCUT2D eigenvalue weighted by Crippen LogP contribution is 2.25. The number of para-hydroxylation sites is 1. The number of amides is 1. The average Bonchev–Trinajstić information content (AvgIpc) is 2.74. The quantitative estimate of drug-likeness (QED) is 0.461. The predicted molar refractivity (Wildman–Crippen MR) is 118 cm³/mol. The van der Waals surface area contributed by atoms with Crippen LogP contribution in [0.1, 0.15) is 24.2 Å². The van der Waals surface area contributed by atoms with E-state index in [4.69, 9.17) is 4.74 Å². The molecule has 2 N–H and O–H groups in total. The molecule has 0 aliphatic rings. The molecule has 0 fully saturated rings. The van der Waals surface area contributed by atoms with E-state index in [0.717, 1.165) is 22.3 Å². The van der Waals surface area contributed by atoms with E-state index in [1.54, 1.807) is 18.3 Å². The molecule has 6 nitrogen and oxygen atoms in total. The van der Waals surface area contributed by atoms with Gasteiger partial charge in [0, 0.05) is 34.9 Å². The lowest BCUT2D eigenvalue weighted by Gasteiger charge is -2.10. The molecular formula is C24H22N4O2. The molecule has 0 atom stereocenters. The number of benzene rings is 3. The maximum atomic E-state index is 12.1. The molecule has 0 aliphatic heterocycles. The highest BCUT2D eigenvalue weighted by molar-refractivity contribution is 5.94. The van der Waals surface area contributed by atoms with Gasteiger partial charge in [0.15, 0.2) is 0 Å². The number of fused-ring (bicyclic) bond motifs is 1. The standard InChI is InChI=1S/C24H22N4O2/c1-16(2)26-23(29)17-8-11-19(12-9-17)27-24-25-15-18-10-13-21(14-22(18)28-24)30-20-6-4-3-5-7-20/h3-16H,1-2H3,(H,26,29)(H,25,27,28). The van der Waals surface area contributed by atoms with Gasteiger partial charge in [0.25, 0.3) is 5.91 Å². The van der Waals surface area contributed by atoms with Crippen LogP contribution in [-0.2, 0) is 0 Å². The summed E-state index contributed by atoms with van der Waals surface area (Å²) >= 11 is 0. The summed E-state index contributed by atoms with van der Waals surface area (Å²) in [5.74, 6) is 1.85. The summed E-state index contributed by atoms with van der Waals surface area (Å²) < 4.78 is 5.89. The molecule has 150 valence electrons. The zero-order chi connectivity index (χ0) is 20.9. The monoisotopic (exact) mass is 398 g/mol. The highest BCUT2D eigenvalue weighted by Gasteiger charge is 2.08. The fraction of sp³-hybridized carbons (Fsp3) is 0.125. The summed E-state index contributed by atoms with van der Waals surface area (Å²) in [5, 5.41) is 6.97. The molecule has 3 aromatic carbocycles. The van der Waals surface area contributed by atoms with Crippen molar-refractivity contribution in [1.29, 1.82) is 0 Å². The van der Waals surface area contributed by atoms with Crippen LogP contribution in [0.4, 0.5) is 11.6 Å². The topological polar surface area (TPSA) is 76.1 Å². The molecule has 0 aliphatic carbocycles. The normalized spacial score (nSPS) is 10.8. The molecule has 0 unspecified atom stereocenters. The number of carbonyl (C=O) groups excluding carboxylic acids is 1. The van der Waals surface area contributed by atoms with E-state index < -0.39 is 0 Å². The van der Waals surface area contributed by atoms with Gasteiger partial charge in [-0.2, -0.15) is 0 Å². The fourth-order valence-electron chi connectivity index (χ4n) is 2.93. The van der Waals surface area contributed by atoms with Gasteiger partial charge in [0.05, 0.1) is 5.52 Å². The van der Waals surface area contributed by atoms with Gasteiger partial charge in [-0.3, -0.25) is 4.79 Å². The molecule has 1 aromatic heterocycles. The number of nitrogens with zero attached hydrogens (tertiary/aromatic N) is 2. The summed E-state index contributed by atoms with van der Waals surface area (Å²) in [6.07, 6.45) is 1.77. The molecule has 0 saturated carbocycles. The number of hydrogen-bond acceptors (Lipinski definition) is 5. The summed E-state index contributed by atoms with van der Waals surface area (Å²) in [4.78, 5) is 21.0. The molecular weight excluding hydrogens is 376 g/mol. The fourth-order valence-corrected chi connectivity index (χ4v) is 2.93. The second-order valence-corrected chi connectivity index (χ2v) is 7.16. The lowest BCUT2D eigenvalue weighted by atomic mass is 10.2. The van der Waals surface area contributed by atoms with Crippen molar-refractivity contribution in [3.05, 3.63) is 84.6 Å². The third kappa shape index (κ3) is 4.72. The number of nitrogens with one attached hydrogen (secondary N) is 2. The lowest BCUT2D eigenvalue weighted by Crippen LogP contribution is -2.29. The van der Waals surface area contributed by atoms with E-state index in [-0.39, 0.29) is 11.9 Å². The Morgan fingerprint density at radius 1 is 0.933 bits per heavy atom. The smallest absolute Gasteiger partial charge is 0.251 e. The van der Waals surface area contributed by atoms with Crippen LogP contribution in [0.15, 0.2) is 79.0 Å². The Kier molecular flexibility index (Phi) is 5.57. The zero-order valence-electron chi connectivity index (χ0n) is 16.8. The van der Waals surface area contributed by atoms with Crippen molar-refractivity contribution in [1.82, 2.24) is 15.3 Å². The molecule has 6 heteroatoms. The van der Waals surface area contributed by atoms with Gasteiger partial charge in [-0.1, -0.05) is 18.2 Å². The molecule has 1 amide bonds. The van der Waals surface area contributed by atoms with E-state index in [1.165, 1.54) is 0 Å². The molecule has 0 saturated heterocycles. The van der Waals surface area contributed by atoms with Crippen molar-refractivity contribution in [2.24, 2.45) is 0 Å². The van der Waals surface area contributed by atoms with E-state index in [1.807, 2.05) is 74.5 Å². The summed E-state index contributed by atoms with van der Waals surface area (Å²) in [6, 6.07) is 22.6. The average molecular weight is 398 g/mol. The zero-order valence-corrected chi connectivity index (χ0v) is 16.8. The maximum Gasteiger partial charge on any atom is 0.251 e. The first-order valence-electron chi connectivity index (χ1n) is 9.74. The minimum absolute atomic E-state index is 0.0931. The Labute approximate surface area is 175 Å². The van der Waals surface area contributed by atoms with Gasteiger partial charge >= 0.3 is 0 Å². The third-order valence-corrected chi connectivity index (χ3v) is 4.36. The molecule has 1 heterocycles. The number of rotatable bonds is 6. The minimum atomic E-state index is -0.0931. The molecule has 4 aromatic rings. The number of aromatic nitrogens is 2. The SMILES string of the molecule is CC(C)NC(=O)c1ccc(Nc2ncc3ccc(Oc4ccccc4)cc3n2)cc1. The van der Waals surface area contributed by atoms with E-state index in [0.29, 0.717) is 17.3 Å². The highest BCUT2D eigenvalue weighted by atomic mass is 16.5. The summed E-state index contributed by atoms with van der Waals surface area (Å²) in [5.41, 5.74) is 2.18. The van der Waals surface area contributed by atoms with Crippen molar-refractivity contribution in [2.75, 3.05) is 5.32 Å². The molecule has 0 radical (unpaired) electrons. The Morgan fingerprint density at radius 3 is 2.43 bits per heavy atom. The second kappa shape index (κ2) is 8.61. The van der Waals surface area contributed by atoms with Crippen LogP contribution < -0.4 is 15.4 Å². The Morgan fingerprint density at radius 2 is 1.70 bits per heavy atom. The van der Waals surface area contributed by atoms with Gasteiger partial charge in [-0.25, -0.2) is 9.97 Å². The van der Waals surface area contributed by atoms with Crippen molar-refractivity contribution < 1.29 is 9.53 Å². The second-order valence-electron chi connectivity index (χ2n) is 7.16. The van der Waals surface area contributed by atoms with Crippen LogP contribution in [0.5, 0.6) is 11.5 Å². The van der Waals surface area contributed by atoms with Crippen molar-refractivity contribution in [2.45, 2.75) is 19.9 Å². The van der Waals surface area contributed by atoms with Gasteiger partial charge in [-0.15, -0.1) is 0 Å². The maximum absolute atomic E-state index is 12.1. The van der Waals surface area contributed by atoms with Crippen LogP contribution in [0, 0.1) is 0 Å². The summed E-state index contributed by atoms with van der Waals surface area (Å²) in [6.45, 7) is 3.86. The van der Waals surface area contributed by atoms with Crippen LogP contribution in [0.25, 0.3) is 10.9 Å². The van der Waals surface area contributed by atoms with Crippen LogP contribution >= 0.6 is 0 Å². The van der Waals surface area contributed by atoms with Crippen molar-refractivity contribution >= 4 is 28.4 Å². The van der Waals surface area contributed by atoms with Crippen LogP contribution in [-0.4, -0.2) is 21.9 Å².